The van der Waals surface area contributed by atoms with Crippen LogP contribution in [-0.4, -0.2) is 4.57 Å². The monoisotopic (exact) mass is 136 g/mol. The van der Waals surface area contributed by atoms with E-state index in [4.69, 9.17) is 0 Å². The van der Waals surface area contributed by atoms with Gasteiger partial charge in [0, 0.05) is 5.69 Å². The lowest BCUT2D eigenvalue weighted by Crippen LogP contribution is -2.28. The molecule has 0 saturated carbocycles. The van der Waals surface area contributed by atoms with Gasteiger partial charge in [-0.1, -0.05) is 13.3 Å². The zero-order chi connectivity index (χ0) is 7.14. The summed E-state index contributed by atoms with van der Waals surface area (Å²) in [4.78, 5) is 0. The van der Waals surface area contributed by atoms with Gasteiger partial charge in [-0.25, -0.2) is 0 Å². The van der Waals surface area contributed by atoms with Crippen molar-refractivity contribution in [1.82, 2.24) is 4.57 Å². The predicted octanol–water partition coefficient (Wildman–Crippen LogP) is 0.577. The molecule has 0 unspecified atom stereocenters. The molecule has 1 aromatic heterocycles. The third-order valence-corrected chi connectivity index (χ3v) is 2.23. The SMILES string of the molecule is Cc1c2n(c[n+]1C)CC[CH-]2. The number of rotatable bonds is 0. The normalized spacial score (nSPS) is 15.0. The zero-order valence-corrected chi connectivity index (χ0v) is 6.46. The summed E-state index contributed by atoms with van der Waals surface area (Å²) >= 11 is 0. The molecule has 1 aliphatic heterocycles. The number of imidazole rings is 1. The lowest BCUT2D eigenvalue weighted by molar-refractivity contribution is -0.677. The third kappa shape index (κ3) is 0.589. The standard InChI is InChI=1S/C8H12N2/c1-7-8-4-3-5-10(8)6-9(7)2/h4,6H,3,5H2,1-2H3. The number of hydrogen-bond donors (Lipinski definition) is 0. The van der Waals surface area contributed by atoms with Crippen LogP contribution < -0.4 is 4.57 Å². The van der Waals surface area contributed by atoms with E-state index in [0.717, 1.165) is 6.54 Å². The quantitative estimate of drug-likeness (QED) is 0.364. The van der Waals surface area contributed by atoms with E-state index < -0.39 is 0 Å². The van der Waals surface area contributed by atoms with Gasteiger partial charge in [-0.05, 0) is 5.69 Å². The van der Waals surface area contributed by atoms with Crippen molar-refractivity contribution in [3.63, 3.8) is 0 Å². The minimum Gasteiger partial charge on any atom is -0.316 e. The van der Waals surface area contributed by atoms with Crippen molar-refractivity contribution < 1.29 is 4.57 Å². The Hall–Kier alpha value is -0.920. The second kappa shape index (κ2) is 1.78. The molecule has 54 valence electrons. The fourth-order valence-electron chi connectivity index (χ4n) is 1.53. The van der Waals surface area contributed by atoms with E-state index in [-0.39, 0.29) is 0 Å². The first-order valence-electron chi connectivity index (χ1n) is 3.67. The number of aryl methyl sites for hydroxylation is 2. The van der Waals surface area contributed by atoms with Gasteiger partial charge in [0.2, 0.25) is 6.33 Å². The molecular formula is C8H12N2. The summed E-state index contributed by atoms with van der Waals surface area (Å²) in [6.45, 7) is 3.32. The predicted molar refractivity (Wildman–Crippen MR) is 38.4 cm³/mol. The van der Waals surface area contributed by atoms with Crippen molar-refractivity contribution in [2.45, 2.75) is 19.9 Å². The second-order valence-electron chi connectivity index (χ2n) is 2.88. The molecule has 0 saturated heterocycles. The molecule has 0 radical (unpaired) electrons. The van der Waals surface area contributed by atoms with Crippen molar-refractivity contribution >= 4 is 0 Å². The molecule has 0 N–H and O–H groups in total. The summed E-state index contributed by atoms with van der Waals surface area (Å²) in [7, 11) is 2.09. The van der Waals surface area contributed by atoms with Gasteiger partial charge in [0.1, 0.15) is 0 Å². The first-order chi connectivity index (χ1) is 4.79. The van der Waals surface area contributed by atoms with Gasteiger partial charge >= 0.3 is 0 Å². The lowest BCUT2D eigenvalue weighted by Gasteiger charge is -1.97. The molecule has 2 nitrogen and oxygen atoms in total. The van der Waals surface area contributed by atoms with E-state index in [1.54, 1.807) is 0 Å². The van der Waals surface area contributed by atoms with E-state index in [0.29, 0.717) is 0 Å². The lowest BCUT2D eigenvalue weighted by atomic mass is 10.2. The molecule has 0 bridgehead atoms. The Morgan fingerprint density at radius 2 is 2.50 bits per heavy atom. The van der Waals surface area contributed by atoms with Crippen molar-refractivity contribution in [3.8, 4) is 0 Å². The van der Waals surface area contributed by atoms with Crippen LogP contribution in [0.15, 0.2) is 6.33 Å². The summed E-state index contributed by atoms with van der Waals surface area (Å²) in [5.74, 6) is 0. The largest absolute Gasteiger partial charge is 0.316 e. The zero-order valence-electron chi connectivity index (χ0n) is 6.46. The smallest absolute Gasteiger partial charge is 0.224 e. The number of aromatic nitrogens is 2. The Kier molecular flexibility index (Phi) is 1.04. The molecular weight excluding hydrogens is 124 g/mol. The van der Waals surface area contributed by atoms with Crippen LogP contribution in [0, 0.1) is 13.3 Å². The maximum absolute atomic E-state index is 2.30. The van der Waals surface area contributed by atoms with E-state index in [9.17, 15) is 0 Å². The topological polar surface area (TPSA) is 8.81 Å². The number of hydrogen-bond acceptors (Lipinski definition) is 0. The van der Waals surface area contributed by atoms with Gasteiger partial charge in [-0.3, -0.25) is 4.57 Å². The van der Waals surface area contributed by atoms with E-state index >= 15 is 0 Å². The van der Waals surface area contributed by atoms with Gasteiger partial charge < -0.3 is 4.57 Å². The Labute approximate surface area is 61.1 Å². The molecule has 0 aromatic carbocycles. The van der Waals surface area contributed by atoms with Crippen LogP contribution in [0.1, 0.15) is 17.8 Å². The highest BCUT2D eigenvalue weighted by Gasteiger charge is 2.12. The molecule has 0 fully saturated rings. The van der Waals surface area contributed by atoms with Crippen LogP contribution in [0.2, 0.25) is 0 Å². The molecule has 1 aliphatic rings. The van der Waals surface area contributed by atoms with E-state index in [1.165, 1.54) is 17.8 Å². The van der Waals surface area contributed by atoms with Crippen molar-refractivity contribution in [2.75, 3.05) is 0 Å². The molecule has 1 aromatic rings. The maximum Gasteiger partial charge on any atom is 0.224 e. The van der Waals surface area contributed by atoms with Gasteiger partial charge in [-0.15, -0.1) is 0 Å². The first-order valence-corrected chi connectivity index (χ1v) is 3.67. The van der Waals surface area contributed by atoms with E-state index in [2.05, 4.69) is 35.9 Å². The fourth-order valence-corrected chi connectivity index (χ4v) is 1.53. The van der Waals surface area contributed by atoms with Crippen molar-refractivity contribution in [1.29, 1.82) is 0 Å². The molecule has 2 heterocycles. The highest BCUT2D eigenvalue weighted by Crippen LogP contribution is 2.17. The van der Waals surface area contributed by atoms with Crippen LogP contribution >= 0.6 is 0 Å². The van der Waals surface area contributed by atoms with Crippen LogP contribution in [0.5, 0.6) is 0 Å². The first kappa shape index (κ1) is 5.83. The third-order valence-electron chi connectivity index (χ3n) is 2.23. The van der Waals surface area contributed by atoms with Crippen LogP contribution in [0.3, 0.4) is 0 Å². The number of nitrogens with zero attached hydrogens (tertiary/aromatic N) is 2. The Morgan fingerprint density at radius 1 is 1.70 bits per heavy atom. The summed E-state index contributed by atoms with van der Waals surface area (Å²) < 4.78 is 4.47. The van der Waals surface area contributed by atoms with Crippen LogP contribution in [0.25, 0.3) is 0 Å². The highest BCUT2D eigenvalue weighted by atomic mass is 15.1. The summed E-state index contributed by atoms with van der Waals surface area (Å²) in [5.41, 5.74) is 2.78. The average Bonchev–Trinajstić information content (AvgIpc) is 2.41. The minimum atomic E-state index is 1.16. The average molecular weight is 136 g/mol. The van der Waals surface area contributed by atoms with E-state index in [1.807, 2.05) is 0 Å². The molecule has 2 heteroatoms. The summed E-state index contributed by atoms with van der Waals surface area (Å²) in [6, 6.07) is 0. The van der Waals surface area contributed by atoms with Crippen molar-refractivity contribution in [3.05, 3.63) is 24.1 Å². The summed E-state index contributed by atoms with van der Waals surface area (Å²) in [6.07, 6.45) is 5.67. The molecule has 0 amide bonds. The molecule has 0 atom stereocenters. The molecule has 0 spiro atoms. The fraction of sp³-hybridized carbons (Fsp3) is 0.500. The Bertz CT molecular complexity index is 260. The molecule has 2 rings (SSSR count). The maximum atomic E-state index is 2.30. The van der Waals surface area contributed by atoms with Crippen molar-refractivity contribution in [2.24, 2.45) is 7.05 Å². The Morgan fingerprint density at radius 3 is 3.20 bits per heavy atom. The summed E-state index contributed by atoms with van der Waals surface area (Å²) in [5, 5.41) is 0. The Balaban J connectivity index is 2.59. The van der Waals surface area contributed by atoms with Gasteiger partial charge in [0.05, 0.1) is 13.6 Å². The van der Waals surface area contributed by atoms with Crippen LogP contribution in [0.4, 0.5) is 0 Å². The van der Waals surface area contributed by atoms with Crippen LogP contribution in [-0.2, 0) is 13.6 Å². The van der Waals surface area contributed by atoms with Gasteiger partial charge in [0.25, 0.3) is 0 Å². The molecule has 10 heavy (non-hydrogen) atoms. The highest BCUT2D eigenvalue weighted by molar-refractivity contribution is 5.19. The van der Waals surface area contributed by atoms with Gasteiger partial charge in [0.15, 0.2) is 0 Å². The van der Waals surface area contributed by atoms with Gasteiger partial charge in [-0.2, -0.15) is 6.42 Å². The minimum absolute atomic E-state index is 1.16. The second-order valence-corrected chi connectivity index (χ2v) is 2.88. The molecule has 0 aliphatic carbocycles. The number of fused-ring (bicyclic) bond motifs is 1.